The maximum atomic E-state index is 11.8. The second-order valence-corrected chi connectivity index (χ2v) is 9.99. The predicted octanol–water partition coefficient (Wildman–Crippen LogP) is 3.17. The maximum absolute atomic E-state index is 11.8. The molecule has 2 fully saturated rings. The highest BCUT2D eigenvalue weighted by Gasteiger charge is 2.30. The molecular formula is C27H32N6O2. The number of carbonyl (C=O) groups is 2. The molecule has 2 aliphatic rings. The van der Waals surface area contributed by atoms with Gasteiger partial charge in [-0.05, 0) is 68.2 Å². The number of likely N-dealkylation sites (tertiary alicyclic amines) is 1. The fourth-order valence-electron chi connectivity index (χ4n) is 5.90. The minimum Gasteiger partial charge on any atom is -0.369 e. The number of fused-ring (bicyclic) bond motifs is 3. The lowest BCUT2D eigenvalue weighted by Crippen LogP contribution is -2.40. The Bertz CT molecular complexity index is 1340. The quantitative estimate of drug-likeness (QED) is 0.628. The zero-order chi connectivity index (χ0) is 24.7. The van der Waals surface area contributed by atoms with Crippen LogP contribution >= 0.6 is 0 Å². The number of piperidine rings is 2. The Morgan fingerprint density at radius 1 is 1.11 bits per heavy atom. The molecule has 182 valence electrons. The lowest BCUT2D eigenvalue weighted by Gasteiger charge is -2.35. The van der Waals surface area contributed by atoms with E-state index in [-0.39, 0.29) is 17.7 Å². The second kappa shape index (κ2) is 9.21. The number of anilines is 1. The van der Waals surface area contributed by atoms with E-state index in [0.717, 1.165) is 86.3 Å². The van der Waals surface area contributed by atoms with Gasteiger partial charge in [-0.25, -0.2) is 4.98 Å². The molecule has 0 saturated carbocycles. The Balaban J connectivity index is 1.61. The molecule has 5 rings (SSSR count). The molecule has 2 N–H and O–H groups in total. The minimum atomic E-state index is -0.225. The van der Waals surface area contributed by atoms with Gasteiger partial charge in [0.05, 0.1) is 16.6 Å². The first-order valence-electron chi connectivity index (χ1n) is 12.5. The molecule has 0 radical (unpaired) electrons. The zero-order valence-corrected chi connectivity index (χ0v) is 20.5. The topological polar surface area (TPSA) is 108 Å². The van der Waals surface area contributed by atoms with E-state index in [1.54, 1.807) is 6.92 Å². The molecule has 2 amide bonds. The van der Waals surface area contributed by atoms with E-state index in [2.05, 4.69) is 22.3 Å². The van der Waals surface area contributed by atoms with Gasteiger partial charge < -0.3 is 15.5 Å². The van der Waals surface area contributed by atoms with Crippen LogP contribution in [0.25, 0.3) is 16.7 Å². The largest absolute Gasteiger partial charge is 0.369 e. The number of nitrogens with zero attached hydrogens (tertiary/aromatic N) is 5. The molecule has 35 heavy (non-hydrogen) atoms. The molecule has 0 aliphatic carbocycles. The molecule has 2 saturated heterocycles. The van der Waals surface area contributed by atoms with Gasteiger partial charge in [0.25, 0.3) is 0 Å². The maximum Gasteiger partial charge on any atom is 0.220 e. The van der Waals surface area contributed by atoms with Gasteiger partial charge in [0.1, 0.15) is 11.9 Å². The smallest absolute Gasteiger partial charge is 0.220 e. The van der Waals surface area contributed by atoms with E-state index in [1.165, 1.54) is 0 Å². The molecule has 4 heterocycles. The monoisotopic (exact) mass is 472 g/mol. The van der Waals surface area contributed by atoms with Crippen LogP contribution in [0, 0.1) is 30.1 Å². The van der Waals surface area contributed by atoms with Gasteiger partial charge >= 0.3 is 0 Å². The molecule has 8 nitrogen and oxygen atoms in total. The van der Waals surface area contributed by atoms with Crippen molar-refractivity contribution >= 4 is 34.3 Å². The van der Waals surface area contributed by atoms with Crippen molar-refractivity contribution in [2.75, 3.05) is 31.1 Å². The first kappa shape index (κ1) is 23.2. The first-order valence-corrected chi connectivity index (χ1v) is 12.5. The average molecular weight is 473 g/mol. The van der Waals surface area contributed by atoms with Crippen molar-refractivity contribution in [3.05, 3.63) is 41.0 Å². The number of rotatable bonds is 4. The molecule has 0 spiro atoms. The molecule has 0 atom stereocenters. The number of benzene rings is 1. The molecule has 0 bridgehead atoms. The van der Waals surface area contributed by atoms with Crippen molar-refractivity contribution in [3.8, 4) is 6.07 Å². The predicted molar refractivity (Wildman–Crippen MR) is 135 cm³/mol. The van der Waals surface area contributed by atoms with Crippen LogP contribution in [0.2, 0.25) is 0 Å². The van der Waals surface area contributed by atoms with Gasteiger partial charge in [-0.15, -0.1) is 0 Å². The molecule has 1 aromatic carbocycles. The van der Waals surface area contributed by atoms with Crippen LogP contribution in [0.5, 0.6) is 0 Å². The lowest BCUT2D eigenvalue weighted by molar-refractivity contribution is -0.130. The van der Waals surface area contributed by atoms with E-state index in [1.807, 2.05) is 29.2 Å². The Labute approximate surface area is 205 Å². The molecule has 8 heteroatoms. The summed E-state index contributed by atoms with van der Waals surface area (Å²) in [5.41, 5.74) is 10.9. The van der Waals surface area contributed by atoms with Crippen LogP contribution in [0.4, 0.5) is 5.82 Å². The summed E-state index contributed by atoms with van der Waals surface area (Å²) in [7, 11) is 0. The number of imidazole rings is 1. The van der Waals surface area contributed by atoms with Crippen molar-refractivity contribution in [2.24, 2.45) is 17.6 Å². The third-order valence-electron chi connectivity index (χ3n) is 7.95. The normalized spacial score (nSPS) is 17.7. The standard InChI is InChI=1S/C27H32N6O2/c1-17-21(15-19-7-11-31(12-8-19)18(2)34)22(16-28)26-30-23-5-3-4-6-24(23)33(26)27(17)32-13-9-20(10-14-32)25(29)35/h3-6,19-20H,7-15H2,1-2H3,(H2,29,35). The van der Waals surface area contributed by atoms with E-state index >= 15 is 0 Å². The number of carbonyl (C=O) groups excluding carboxylic acids is 2. The van der Waals surface area contributed by atoms with E-state index in [9.17, 15) is 14.9 Å². The molecule has 2 aliphatic heterocycles. The molecule has 3 aromatic rings. The second-order valence-electron chi connectivity index (χ2n) is 9.99. The summed E-state index contributed by atoms with van der Waals surface area (Å²) in [4.78, 5) is 32.7. The summed E-state index contributed by atoms with van der Waals surface area (Å²) in [5, 5.41) is 10.3. The van der Waals surface area contributed by atoms with Gasteiger partial charge in [-0.2, -0.15) is 5.26 Å². The van der Waals surface area contributed by atoms with Crippen LogP contribution in [-0.2, 0) is 16.0 Å². The Hall–Kier alpha value is -3.60. The number of pyridine rings is 1. The summed E-state index contributed by atoms with van der Waals surface area (Å²) in [6.45, 7) is 6.75. The third-order valence-corrected chi connectivity index (χ3v) is 7.95. The SMILES string of the molecule is CC(=O)N1CCC(Cc2c(C)c(N3CCC(C(N)=O)CC3)n3c(nc4ccccc43)c2C#N)CC1. The number of nitrogens with two attached hydrogens (primary N) is 1. The minimum absolute atomic E-state index is 0.0918. The fraction of sp³-hybridized carbons (Fsp3) is 0.481. The summed E-state index contributed by atoms with van der Waals surface area (Å²) in [6, 6.07) is 10.5. The number of nitriles is 1. The van der Waals surface area contributed by atoms with Crippen molar-refractivity contribution in [1.29, 1.82) is 5.26 Å². The zero-order valence-electron chi connectivity index (χ0n) is 20.5. The molecule has 2 aromatic heterocycles. The number of primary amides is 1. The van der Waals surface area contributed by atoms with Crippen LogP contribution < -0.4 is 10.6 Å². The van der Waals surface area contributed by atoms with E-state index in [0.29, 0.717) is 17.1 Å². The Kier molecular flexibility index (Phi) is 6.10. The summed E-state index contributed by atoms with van der Waals surface area (Å²) >= 11 is 0. The van der Waals surface area contributed by atoms with Crippen molar-refractivity contribution in [3.63, 3.8) is 0 Å². The average Bonchev–Trinajstić information content (AvgIpc) is 3.24. The van der Waals surface area contributed by atoms with E-state index < -0.39 is 0 Å². The van der Waals surface area contributed by atoms with Crippen LogP contribution in [0.1, 0.15) is 49.3 Å². The Morgan fingerprint density at radius 3 is 2.43 bits per heavy atom. The molecule has 0 unspecified atom stereocenters. The number of hydrogen-bond acceptors (Lipinski definition) is 5. The number of hydrogen-bond donors (Lipinski definition) is 1. The van der Waals surface area contributed by atoms with Gasteiger partial charge in [0.2, 0.25) is 11.8 Å². The van der Waals surface area contributed by atoms with Crippen LogP contribution in [-0.4, -0.2) is 52.3 Å². The lowest BCUT2D eigenvalue weighted by atomic mass is 9.86. The number of amides is 2. The Morgan fingerprint density at radius 2 is 1.80 bits per heavy atom. The van der Waals surface area contributed by atoms with Crippen molar-refractivity contribution in [2.45, 2.75) is 46.0 Å². The van der Waals surface area contributed by atoms with Gasteiger partial charge in [-0.3, -0.25) is 14.0 Å². The van der Waals surface area contributed by atoms with E-state index in [4.69, 9.17) is 10.7 Å². The number of para-hydroxylation sites is 2. The summed E-state index contributed by atoms with van der Waals surface area (Å²) in [5.74, 6) is 1.29. The van der Waals surface area contributed by atoms with Gasteiger partial charge in [0.15, 0.2) is 5.65 Å². The third kappa shape index (κ3) is 4.09. The van der Waals surface area contributed by atoms with Crippen LogP contribution in [0.3, 0.4) is 0 Å². The fourth-order valence-corrected chi connectivity index (χ4v) is 5.90. The summed E-state index contributed by atoms with van der Waals surface area (Å²) < 4.78 is 2.13. The first-order chi connectivity index (χ1) is 16.9. The van der Waals surface area contributed by atoms with Gasteiger partial charge in [0, 0.05) is 39.0 Å². The highest BCUT2D eigenvalue weighted by atomic mass is 16.2. The highest BCUT2D eigenvalue weighted by Crippen LogP contribution is 2.37. The summed E-state index contributed by atoms with van der Waals surface area (Å²) in [6.07, 6.45) is 4.12. The molecular weight excluding hydrogens is 440 g/mol. The number of aromatic nitrogens is 2. The van der Waals surface area contributed by atoms with Crippen molar-refractivity contribution < 1.29 is 9.59 Å². The highest BCUT2D eigenvalue weighted by molar-refractivity contribution is 5.86. The van der Waals surface area contributed by atoms with Gasteiger partial charge in [-0.1, -0.05) is 12.1 Å². The van der Waals surface area contributed by atoms with Crippen LogP contribution in [0.15, 0.2) is 24.3 Å². The van der Waals surface area contributed by atoms with Crippen molar-refractivity contribution in [1.82, 2.24) is 14.3 Å².